The van der Waals surface area contributed by atoms with Crippen molar-refractivity contribution in [1.29, 1.82) is 0 Å². The third-order valence-corrected chi connectivity index (χ3v) is 1.94. The van der Waals surface area contributed by atoms with Crippen molar-refractivity contribution in [2.45, 2.75) is 13.0 Å². The molecule has 7 nitrogen and oxygen atoms in total. The van der Waals surface area contributed by atoms with Gasteiger partial charge in [0, 0.05) is 6.92 Å². The number of hydrogen-bond acceptors (Lipinski definition) is 7. The van der Waals surface area contributed by atoms with E-state index in [9.17, 15) is 24.0 Å². The van der Waals surface area contributed by atoms with E-state index in [1.165, 1.54) is 0 Å². The molecule has 0 bridgehead atoms. The lowest BCUT2D eigenvalue weighted by molar-refractivity contribution is -0.152. The molecule has 1 heterocycles. The molecule has 0 amide bonds. The zero-order chi connectivity index (χ0) is 12.3. The highest BCUT2D eigenvalue weighted by Gasteiger charge is 2.46. The second-order valence-electron chi connectivity index (χ2n) is 3.12. The first-order chi connectivity index (χ1) is 7.47. The SMILES string of the molecule is CC(=O)OCC(C=O)C1OC(=O)C(=O)C1=O. The number of ketones is 2. The highest BCUT2D eigenvalue weighted by Crippen LogP contribution is 2.15. The van der Waals surface area contributed by atoms with Crippen LogP contribution in [0.15, 0.2) is 0 Å². The number of esters is 2. The predicted octanol–water partition coefficient (Wildman–Crippen LogP) is -1.57. The molecular weight excluding hydrogens is 220 g/mol. The molecular formula is C9H8O7. The van der Waals surface area contributed by atoms with Crippen LogP contribution < -0.4 is 0 Å². The molecule has 2 atom stereocenters. The predicted molar refractivity (Wildman–Crippen MR) is 46.1 cm³/mol. The lowest BCUT2D eigenvalue weighted by atomic mass is 10.0. The Labute approximate surface area is 89.7 Å². The minimum Gasteiger partial charge on any atom is -0.465 e. The van der Waals surface area contributed by atoms with Crippen LogP contribution in [0, 0.1) is 5.92 Å². The molecule has 0 aromatic heterocycles. The van der Waals surface area contributed by atoms with E-state index in [0.717, 1.165) is 6.92 Å². The van der Waals surface area contributed by atoms with Crippen molar-refractivity contribution in [3.63, 3.8) is 0 Å². The Morgan fingerprint density at radius 2 is 2.12 bits per heavy atom. The summed E-state index contributed by atoms with van der Waals surface area (Å²) in [6.45, 7) is 0.714. The molecule has 2 unspecified atom stereocenters. The number of hydrogen-bond donors (Lipinski definition) is 0. The first-order valence-electron chi connectivity index (χ1n) is 4.35. The second kappa shape index (κ2) is 4.65. The summed E-state index contributed by atoms with van der Waals surface area (Å²) >= 11 is 0. The van der Waals surface area contributed by atoms with Gasteiger partial charge in [-0.25, -0.2) is 4.79 Å². The standard InChI is InChI=1S/C9H8O7/c1-4(11)15-3-5(2-10)8-6(12)7(13)9(14)16-8/h2,5,8H,3H2,1H3. The summed E-state index contributed by atoms with van der Waals surface area (Å²) in [7, 11) is 0. The van der Waals surface area contributed by atoms with Crippen molar-refractivity contribution in [3.05, 3.63) is 0 Å². The molecule has 86 valence electrons. The quantitative estimate of drug-likeness (QED) is 0.325. The van der Waals surface area contributed by atoms with Crippen molar-refractivity contribution >= 4 is 29.8 Å². The highest BCUT2D eigenvalue weighted by molar-refractivity contribution is 6.65. The van der Waals surface area contributed by atoms with Crippen LogP contribution in [0.4, 0.5) is 0 Å². The highest BCUT2D eigenvalue weighted by atomic mass is 16.6. The molecule has 0 saturated carbocycles. The van der Waals surface area contributed by atoms with Gasteiger partial charge in [0.1, 0.15) is 12.9 Å². The number of carbonyl (C=O) groups excluding carboxylic acids is 5. The summed E-state index contributed by atoms with van der Waals surface area (Å²) in [5.74, 6) is -5.46. The van der Waals surface area contributed by atoms with Crippen LogP contribution in [0.3, 0.4) is 0 Å². The molecule has 0 spiro atoms. The fourth-order valence-corrected chi connectivity index (χ4v) is 1.15. The monoisotopic (exact) mass is 228 g/mol. The van der Waals surface area contributed by atoms with Crippen molar-refractivity contribution in [3.8, 4) is 0 Å². The van der Waals surface area contributed by atoms with Gasteiger partial charge in [0.15, 0.2) is 6.10 Å². The minimum atomic E-state index is -1.48. The van der Waals surface area contributed by atoms with Crippen LogP contribution in [-0.2, 0) is 33.4 Å². The van der Waals surface area contributed by atoms with Gasteiger partial charge in [-0.05, 0) is 0 Å². The lowest BCUT2D eigenvalue weighted by Gasteiger charge is -2.13. The van der Waals surface area contributed by atoms with E-state index in [1.54, 1.807) is 0 Å². The fourth-order valence-electron chi connectivity index (χ4n) is 1.15. The Kier molecular flexibility index (Phi) is 3.49. The zero-order valence-corrected chi connectivity index (χ0v) is 8.30. The number of aldehydes is 1. The topological polar surface area (TPSA) is 104 Å². The summed E-state index contributed by atoms with van der Waals surface area (Å²) in [5, 5.41) is 0. The molecule has 1 rings (SSSR count). The summed E-state index contributed by atoms with van der Waals surface area (Å²) < 4.78 is 8.91. The summed E-state index contributed by atoms with van der Waals surface area (Å²) in [6, 6.07) is 0. The van der Waals surface area contributed by atoms with Gasteiger partial charge in [0.2, 0.25) is 0 Å². The minimum absolute atomic E-state index is 0.303. The van der Waals surface area contributed by atoms with E-state index < -0.39 is 42.1 Å². The third-order valence-electron chi connectivity index (χ3n) is 1.94. The molecule has 1 fully saturated rings. The van der Waals surface area contributed by atoms with Crippen LogP contribution in [0.5, 0.6) is 0 Å². The van der Waals surface area contributed by atoms with Crippen LogP contribution in [0.1, 0.15) is 6.92 Å². The summed E-state index contributed by atoms with van der Waals surface area (Å²) in [6.07, 6.45) is -1.17. The summed E-state index contributed by atoms with van der Waals surface area (Å²) in [5.41, 5.74) is 0. The maximum Gasteiger partial charge on any atom is 0.383 e. The number of ether oxygens (including phenoxy) is 2. The van der Waals surface area contributed by atoms with Crippen LogP contribution in [0.2, 0.25) is 0 Å². The zero-order valence-electron chi connectivity index (χ0n) is 8.30. The average molecular weight is 228 g/mol. The molecule has 0 aromatic rings. The summed E-state index contributed by atoms with van der Waals surface area (Å²) in [4.78, 5) is 53.8. The first-order valence-corrected chi connectivity index (χ1v) is 4.35. The van der Waals surface area contributed by atoms with E-state index in [2.05, 4.69) is 9.47 Å². The molecule has 1 aliphatic heterocycles. The Bertz CT molecular complexity index is 370. The van der Waals surface area contributed by atoms with Gasteiger partial charge in [-0.3, -0.25) is 14.4 Å². The number of cyclic esters (lactones) is 1. The Morgan fingerprint density at radius 1 is 1.50 bits per heavy atom. The van der Waals surface area contributed by atoms with E-state index in [4.69, 9.17) is 0 Å². The molecule has 0 aromatic carbocycles. The van der Waals surface area contributed by atoms with Gasteiger partial charge in [0.25, 0.3) is 5.78 Å². The Morgan fingerprint density at radius 3 is 2.50 bits per heavy atom. The molecule has 0 radical (unpaired) electrons. The van der Waals surface area contributed by atoms with Gasteiger partial charge >= 0.3 is 17.7 Å². The first kappa shape index (κ1) is 12.0. The van der Waals surface area contributed by atoms with Crippen molar-refractivity contribution in [1.82, 2.24) is 0 Å². The molecule has 1 aliphatic rings. The van der Waals surface area contributed by atoms with Crippen LogP contribution >= 0.6 is 0 Å². The second-order valence-corrected chi connectivity index (χ2v) is 3.12. The van der Waals surface area contributed by atoms with Gasteiger partial charge in [-0.1, -0.05) is 0 Å². The van der Waals surface area contributed by atoms with Crippen molar-refractivity contribution in [2.24, 2.45) is 5.92 Å². The molecule has 7 heteroatoms. The van der Waals surface area contributed by atoms with Crippen molar-refractivity contribution < 1.29 is 33.4 Å². The van der Waals surface area contributed by atoms with Gasteiger partial charge in [0.05, 0.1) is 5.92 Å². The van der Waals surface area contributed by atoms with Crippen LogP contribution in [-0.4, -0.2) is 42.5 Å². The van der Waals surface area contributed by atoms with E-state index in [-0.39, 0.29) is 0 Å². The lowest BCUT2D eigenvalue weighted by Crippen LogP contribution is -2.33. The molecule has 0 aliphatic carbocycles. The number of carbonyl (C=O) groups is 5. The van der Waals surface area contributed by atoms with Crippen LogP contribution in [0.25, 0.3) is 0 Å². The van der Waals surface area contributed by atoms with Crippen molar-refractivity contribution in [2.75, 3.05) is 6.61 Å². The number of Topliss-reactive ketones (excluding diaryl/α,β-unsaturated/α-hetero) is 2. The van der Waals surface area contributed by atoms with E-state index in [0.29, 0.717) is 6.29 Å². The third kappa shape index (κ3) is 2.30. The maximum absolute atomic E-state index is 11.2. The van der Waals surface area contributed by atoms with Gasteiger partial charge in [-0.15, -0.1) is 0 Å². The molecule has 16 heavy (non-hydrogen) atoms. The van der Waals surface area contributed by atoms with E-state index >= 15 is 0 Å². The Hall–Kier alpha value is -2.05. The van der Waals surface area contributed by atoms with Gasteiger partial charge < -0.3 is 14.3 Å². The smallest absolute Gasteiger partial charge is 0.383 e. The fraction of sp³-hybridized carbons (Fsp3) is 0.444. The number of rotatable bonds is 4. The van der Waals surface area contributed by atoms with Gasteiger partial charge in [-0.2, -0.15) is 0 Å². The molecule has 0 N–H and O–H groups in total. The maximum atomic E-state index is 11.2. The van der Waals surface area contributed by atoms with E-state index in [1.807, 2.05) is 0 Å². The Balaban J connectivity index is 2.71. The average Bonchev–Trinajstić information content (AvgIpc) is 2.47. The largest absolute Gasteiger partial charge is 0.465 e. The molecule has 1 saturated heterocycles. The normalized spacial score (nSPS) is 21.6.